The summed E-state index contributed by atoms with van der Waals surface area (Å²) in [5.41, 5.74) is 2.68. The summed E-state index contributed by atoms with van der Waals surface area (Å²) in [7, 11) is 2.09. The van der Waals surface area contributed by atoms with Crippen LogP contribution in [0.1, 0.15) is 19.4 Å². The number of hydrogen-bond donors (Lipinski definition) is 0. The number of anilines is 1. The number of likely N-dealkylation sites (N-methyl/N-ethyl adjacent to an activating group) is 1. The first kappa shape index (κ1) is 18.7. The van der Waals surface area contributed by atoms with E-state index in [0.717, 1.165) is 22.3 Å². The summed E-state index contributed by atoms with van der Waals surface area (Å²) in [5.74, 6) is 0. The van der Waals surface area contributed by atoms with Crippen LogP contribution in [-0.4, -0.2) is 24.9 Å². The minimum atomic E-state index is -0.396. The Labute approximate surface area is 161 Å². The van der Waals surface area contributed by atoms with Crippen LogP contribution < -0.4 is 4.90 Å². The highest BCUT2D eigenvalue weighted by Gasteiger charge is 2.33. The zero-order chi connectivity index (χ0) is 19.3. The Morgan fingerprint density at radius 1 is 1.00 bits per heavy atom. The molecule has 0 aliphatic heterocycles. The quantitative estimate of drug-likeness (QED) is 0.235. The average Bonchev–Trinajstić information content (AvgIpc) is 2.71. The Balaban J connectivity index is 2.13. The van der Waals surface area contributed by atoms with E-state index >= 15 is 0 Å². The van der Waals surface area contributed by atoms with Crippen molar-refractivity contribution in [3.05, 3.63) is 91.0 Å². The van der Waals surface area contributed by atoms with E-state index in [1.54, 1.807) is 6.08 Å². The lowest BCUT2D eigenvalue weighted by Gasteiger charge is -2.38. The van der Waals surface area contributed by atoms with E-state index in [1.165, 1.54) is 5.39 Å². The van der Waals surface area contributed by atoms with E-state index in [4.69, 9.17) is 4.84 Å². The molecule has 0 aliphatic carbocycles. The van der Waals surface area contributed by atoms with Crippen LogP contribution in [0.4, 0.5) is 5.69 Å². The molecule has 0 N–H and O–H groups in total. The molecule has 0 atom stereocenters. The lowest BCUT2D eigenvalue weighted by atomic mass is 9.87. The van der Waals surface area contributed by atoms with Crippen LogP contribution in [0, 0.1) is 0 Å². The summed E-state index contributed by atoms with van der Waals surface area (Å²) in [6, 6.07) is 25.0. The molecule has 0 aliphatic rings. The smallest absolute Gasteiger partial charge is 0.135 e. The maximum Gasteiger partial charge on any atom is 0.135 e. The highest BCUT2D eigenvalue weighted by atomic mass is 16.6. The van der Waals surface area contributed by atoms with Crippen molar-refractivity contribution in [3.8, 4) is 0 Å². The first-order valence-corrected chi connectivity index (χ1v) is 9.14. The molecule has 3 aromatic carbocycles. The van der Waals surface area contributed by atoms with Crippen LogP contribution >= 0.6 is 0 Å². The molecule has 0 amide bonds. The topological polar surface area (TPSA) is 24.8 Å². The molecule has 3 aromatic rings. The number of nitrogens with zero attached hydrogens (tertiary/aromatic N) is 2. The zero-order valence-electron chi connectivity index (χ0n) is 16.2. The molecule has 0 saturated heterocycles. The van der Waals surface area contributed by atoms with Crippen LogP contribution in [0.3, 0.4) is 0 Å². The maximum atomic E-state index is 5.56. The molecule has 0 spiro atoms. The summed E-state index contributed by atoms with van der Waals surface area (Å²) in [4.78, 5) is 7.79. The van der Waals surface area contributed by atoms with Crippen LogP contribution in [-0.2, 0) is 4.84 Å². The molecule has 0 radical (unpaired) electrons. The van der Waals surface area contributed by atoms with Gasteiger partial charge in [0.05, 0.1) is 5.54 Å². The van der Waals surface area contributed by atoms with Gasteiger partial charge in [0.25, 0.3) is 0 Å². The van der Waals surface area contributed by atoms with Gasteiger partial charge in [0, 0.05) is 18.3 Å². The van der Waals surface area contributed by atoms with Gasteiger partial charge >= 0.3 is 0 Å². The van der Waals surface area contributed by atoms with E-state index in [1.807, 2.05) is 18.2 Å². The third-order valence-corrected chi connectivity index (χ3v) is 4.95. The van der Waals surface area contributed by atoms with Crippen molar-refractivity contribution in [3.63, 3.8) is 0 Å². The highest BCUT2D eigenvalue weighted by Crippen LogP contribution is 2.29. The first-order valence-electron chi connectivity index (χ1n) is 9.14. The van der Waals surface area contributed by atoms with Gasteiger partial charge in [0.1, 0.15) is 12.3 Å². The van der Waals surface area contributed by atoms with Gasteiger partial charge in [-0.15, -0.1) is 0 Å². The Morgan fingerprint density at radius 2 is 1.67 bits per heavy atom. The molecule has 138 valence electrons. The number of oxime groups is 1. The van der Waals surface area contributed by atoms with Crippen LogP contribution in [0.5, 0.6) is 0 Å². The fraction of sp³-hybridized carbons (Fsp3) is 0.208. The van der Waals surface area contributed by atoms with Gasteiger partial charge in [-0.1, -0.05) is 78.5 Å². The number of fused-ring (bicyclic) bond motifs is 1. The van der Waals surface area contributed by atoms with Gasteiger partial charge < -0.3 is 9.74 Å². The van der Waals surface area contributed by atoms with E-state index in [0.29, 0.717) is 6.61 Å². The number of hydrogen-bond acceptors (Lipinski definition) is 3. The lowest BCUT2D eigenvalue weighted by molar-refractivity contribution is 0.173. The third-order valence-electron chi connectivity index (χ3n) is 4.95. The van der Waals surface area contributed by atoms with Gasteiger partial charge in [-0.2, -0.15) is 0 Å². The van der Waals surface area contributed by atoms with E-state index in [9.17, 15) is 0 Å². The van der Waals surface area contributed by atoms with E-state index < -0.39 is 5.54 Å². The van der Waals surface area contributed by atoms with Gasteiger partial charge in [-0.25, -0.2) is 0 Å². The standard InChI is InChI=1S/C24H26N2O/c1-5-18-27-25-23(22-17-11-13-19-12-9-10-16-21(19)22)24(2,3)26(4)20-14-7-6-8-15-20/h5-17H,1,18H2,2-4H3. The van der Waals surface area contributed by atoms with Crippen molar-refractivity contribution in [2.75, 3.05) is 18.6 Å². The predicted octanol–water partition coefficient (Wildman–Crippen LogP) is 5.66. The monoisotopic (exact) mass is 358 g/mol. The molecule has 0 fully saturated rings. The maximum absolute atomic E-state index is 5.56. The number of rotatable bonds is 7. The van der Waals surface area contributed by atoms with Gasteiger partial charge in [0.15, 0.2) is 0 Å². The van der Waals surface area contributed by atoms with Crippen molar-refractivity contribution in [1.29, 1.82) is 0 Å². The second-order valence-corrected chi connectivity index (χ2v) is 7.00. The molecule has 0 saturated carbocycles. The molecular weight excluding hydrogens is 332 g/mol. The Hall–Kier alpha value is -3.07. The molecular formula is C24H26N2O. The zero-order valence-corrected chi connectivity index (χ0v) is 16.2. The molecule has 0 bridgehead atoms. The van der Waals surface area contributed by atoms with Crippen molar-refractivity contribution >= 4 is 22.2 Å². The molecule has 3 heteroatoms. The van der Waals surface area contributed by atoms with Crippen molar-refractivity contribution < 1.29 is 4.84 Å². The van der Waals surface area contributed by atoms with Crippen molar-refractivity contribution in [2.45, 2.75) is 19.4 Å². The lowest BCUT2D eigenvalue weighted by Crippen LogP contribution is -2.49. The van der Waals surface area contributed by atoms with Crippen molar-refractivity contribution in [1.82, 2.24) is 0 Å². The Morgan fingerprint density at radius 3 is 2.41 bits per heavy atom. The summed E-state index contributed by atoms with van der Waals surface area (Å²) in [6.07, 6.45) is 1.71. The fourth-order valence-corrected chi connectivity index (χ4v) is 3.21. The number of benzene rings is 3. The van der Waals surface area contributed by atoms with Crippen LogP contribution in [0.2, 0.25) is 0 Å². The first-order chi connectivity index (χ1) is 13.1. The summed E-state index contributed by atoms with van der Waals surface area (Å²) >= 11 is 0. The molecule has 0 heterocycles. The minimum Gasteiger partial charge on any atom is -0.391 e. The summed E-state index contributed by atoms with van der Waals surface area (Å²) in [5, 5.41) is 6.90. The Kier molecular flexibility index (Phi) is 5.60. The number of para-hydroxylation sites is 1. The van der Waals surface area contributed by atoms with E-state index in [-0.39, 0.29) is 0 Å². The van der Waals surface area contributed by atoms with Gasteiger partial charge in [-0.3, -0.25) is 0 Å². The van der Waals surface area contributed by atoms with Crippen LogP contribution in [0.25, 0.3) is 10.8 Å². The minimum absolute atomic E-state index is 0.374. The second-order valence-electron chi connectivity index (χ2n) is 7.00. The van der Waals surface area contributed by atoms with Crippen molar-refractivity contribution in [2.24, 2.45) is 5.16 Å². The predicted molar refractivity (Wildman–Crippen MR) is 116 cm³/mol. The van der Waals surface area contributed by atoms with E-state index in [2.05, 4.69) is 92.1 Å². The third kappa shape index (κ3) is 3.87. The molecule has 0 unspecified atom stereocenters. The SMILES string of the molecule is C=CCON=C(c1cccc2ccccc12)C(C)(C)N(C)c1ccccc1. The van der Waals surface area contributed by atoms with Crippen LogP contribution in [0.15, 0.2) is 90.6 Å². The molecule has 3 rings (SSSR count). The summed E-state index contributed by atoms with van der Waals surface area (Å²) < 4.78 is 0. The Bertz CT molecular complexity index is 940. The van der Waals surface area contributed by atoms with Gasteiger partial charge in [0.2, 0.25) is 0 Å². The summed E-state index contributed by atoms with van der Waals surface area (Å²) in [6.45, 7) is 8.42. The fourth-order valence-electron chi connectivity index (χ4n) is 3.21. The van der Waals surface area contributed by atoms with Gasteiger partial charge in [-0.05, 0) is 36.8 Å². The average molecular weight is 358 g/mol. The molecule has 3 nitrogen and oxygen atoms in total. The second kappa shape index (κ2) is 8.09. The molecule has 0 aromatic heterocycles. The highest BCUT2D eigenvalue weighted by molar-refractivity contribution is 6.16. The molecule has 27 heavy (non-hydrogen) atoms. The largest absolute Gasteiger partial charge is 0.391 e. The normalized spacial score (nSPS) is 12.0.